The van der Waals surface area contributed by atoms with E-state index in [-0.39, 0.29) is 0 Å². The van der Waals surface area contributed by atoms with Gasteiger partial charge in [0, 0.05) is 11.8 Å². The van der Waals surface area contributed by atoms with Gasteiger partial charge in [0.05, 0.1) is 19.3 Å². The van der Waals surface area contributed by atoms with Gasteiger partial charge in [0.15, 0.2) is 0 Å². The Morgan fingerprint density at radius 3 is 2.89 bits per heavy atom. The summed E-state index contributed by atoms with van der Waals surface area (Å²) in [6.07, 6.45) is 6.39. The molecule has 1 fully saturated rings. The van der Waals surface area contributed by atoms with Crippen molar-refractivity contribution in [2.24, 2.45) is 0 Å². The molecule has 4 heteroatoms. The van der Waals surface area contributed by atoms with Crippen LogP contribution in [0.4, 0.5) is 0 Å². The Kier molecular flexibility index (Phi) is 3.51. The fourth-order valence-corrected chi connectivity index (χ4v) is 2.56. The van der Waals surface area contributed by atoms with Crippen molar-refractivity contribution >= 4 is 0 Å². The van der Waals surface area contributed by atoms with Gasteiger partial charge in [-0.2, -0.15) is 5.10 Å². The van der Waals surface area contributed by atoms with Crippen LogP contribution in [-0.2, 0) is 0 Å². The van der Waals surface area contributed by atoms with E-state index in [1.54, 1.807) is 7.11 Å². The van der Waals surface area contributed by atoms with Gasteiger partial charge in [0.25, 0.3) is 0 Å². The molecule has 1 aromatic heterocycles. The van der Waals surface area contributed by atoms with Crippen LogP contribution in [0.25, 0.3) is 11.1 Å². The Labute approximate surface area is 113 Å². The SMILES string of the molecule is COc1cccc(-c2cnn(C3CCNCC3)c2)c1. The maximum Gasteiger partial charge on any atom is 0.119 e. The number of benzene rings is 1. The molecule has 3 rings (SSSR count). The lowest BCUT2D eigenvalue weighted by atomic mass is 10.1. The van der Waals surface area contributed by atoms with Gasteiger partial charge in [0.1, 0.15) is 5.75 Å². The van der Waals surface area contributed by atoms with Crippen LogP contribution in [0.1, 0.15) is 18.9 Å². The molecule has 0 radical (unpaired) electrons. The molecule has 1 N–H and O–H groups in total. The van der Waals surface area contributed by atoms with E-state index >= 15 is 0 Å². The van der Waals surface area contributed by atoms with Gasteiger partial charge < -0.3 is 10.1 Å². The van der Waals surface area contributed by atoms with Crippen molar-refractivity contribution in [1.29, 1.82) is 0 Å². The van der Waals surface area contributed by atoms with Gasteiger partial charge in [-0.1, -0.05) is 12.1 Å². The number of methoxy groups -OCH3 is 1. The Morgan fingerprint density at radius 1 is 1.26 bits per heavy atom. The van der Waals surface area contributed by atoms with Crippen molar-refractivity contribution in [3.05, 3.63) is 36.7 Å². The molecule has 1 aliphatic heterocycles. The maximum absolute atomic E-state index is 5.26. The first kappa shape index (κ1) is 12.2. The summed E-state index contributed by atoms with van der Waals surface area (Å²) in [5.74, 6) is 0.882. The van der Waals surface area contributed by atoms with Crippen molar-refractivity contribution in [3.63, 3.8) is 0 Å². The number of aromatic nitrogens is 2. The molecule has 1 saturated heterocycles. The topological polar surface area (TPSA) is 39.1 Å². The predicted molar refractivity (Wildman–Crippen MR) is 75.4 cm³/mol. The summed E-state index contributed by atoms with van der Waals surface area (Å²) in [5, 5.41) is 7.90. The van der Waals surface area contributed by atoms with E-state index in [1.807, 2.05) is 24.4 Å². The van der Waals surface area contributed by atoms with E-state index < -0.39 is 0 Å². The van der Waals surface area contributed by atoms with Gasteiger partial charge in [-0.3, -0.25) is 4.68 Å². The molecule has 1 aromatic carbocycles. The molecule has 0 atom stereocenters. The smallest absolute Gasteiger partial charge is 0.119 e. The van der Waals surface area contributed by atoms with Crippen LogP contribution in [0.5, 0.6) is 5.75 Å². The summed E-state index contributed by atoms with van der Waals surface area (Å²) in [5.41, 5.74) is 2.30. The van der Waals surface area contributed by atoms with E-state index in [4.69, 9.17) is 4.74 Å². The first-order chi connectivity index (χ1) is 9.36. The Morgan fingerprint density at radius 2 is 2.11 bits per heavy atom. The Bertz CT molecular complexity index is 544. The van der Waals surface area contributed by atoms with Crippen LogP contribution in [0.2, 0.25) is 0 Å². The quantitative estimate of drug-likeness (QED) is 0.918. The van der Waals surface area contributed by atoms with Gasteiger partial charge >= 0.3 is 0 Å². The highest BCUT2D eigenvalue weighted by molar-refractivity contribution is 5.63. The van der Waals surface area contributed by atoms with Gasteiger partial charge in [-0.15, -0.1) is 0 Å². The zero-order valence-corrected chi connectivity index (χ0v) is 11.2. The van der Waals surface area contributed by atoms with E-state index in [2.05, 4.69) is 27.4 Å². The van der Waals surface area contributed by atoms with E-state index in [9.17, 15) is 0 Å². The molecular weight excluding hydrogens is 238 g/mol. The van der Waals surface area contributed by atoms with E-state index in [0.29, 0.717) is 6.04 Å². The minimum atomic E-state index is 0.528. The number of hydrogen-bond acceptors (Lipinski definition) is 3. The third-order valence-corrected chi connectivity index (χ3v) is 3.69. The van der Waals surface area contributed by atoms with Gasteiger partial charge in [-0.25, -0.2) is 0 Å². The second kappa shape index (κ2) is 5.45. The van der Waals surface area contributed by atoms with Crippen molar-refractivity contribution in [2.45, 2.75) is 18.9 Å². The van der Waals surface area contributed by atoms with Crippen LogP contribution in [-0.4, -0.2) is 30.0 Å². The van der Waals surface area contributed by atoms with Crippen molar-refractivity contribution in [2.75, 3.05) is 20.2 Å². The lowest BCUT2D eigenvalue weighted by Gasteiger charge is -2.22. The molecule has 0 unspecified atom stereocenters. The average Bonchev–Trinajstić information content (AvgIpc) is 2.98. The zero-order chi connectivity index (χ0) is 13.1. The van der Waals surface area contributed by atoms with Gasteiger partial charge in [-0.05, 0) is 43.6 Å². The maximum atomic E-state index is 5.26. The minimum absolute atomic E-state index is 0.528. The minimum Gasteiger partial charge on any atom is -0.497 e. The van der Waals surface area contributed by atoms with Crippen LogP contribution < -0.4 is 10.1 Å². The van der Waals surface area contributed by atoms with Gasteiger partial charge in [0.2, 0.25) is 0 Å². The highest BCUT2D eigenvalue weighted by Gasteiger charge is 2.15. The molecule has 0 bridgehead atoms. The molecule has 0 amide bonds. The molecule has 100 valence electrons. The third-order valence-electron chi connectivity index (χ3n) is 3.69. The van der Waals surface area contributed by atoms with Crippen LogP contribution in [0.15, 0.2) is 36.7 Å². The lowest BCUT2D eigenvalue weighted by Crippen LogP contribution is -2.29. The molecule has 0 aliphatic carbocycles. The summed E-state index contributed by atoms with van der Waals surface area (Å²) < 4.78 is 7.37. The van der Waals surface area contributed by atoms with Crippen LogP contribution >= 0.6 is 0 Å². The second-order valence-electron chi connectivity index (χ2n) is 4.92. The zero-order valence-electron chi connectivity index (χ0n) is 11.2. The summed E-state index contributed by atoms with van der Waals surface area (Å²) in [7, 11) is 1.69. The third kappa shape index (κ3) is 2.63. The monoisotopic (exact) mass is 257 g/mol. The highest BCUT2D eigenvalue weighted by atomic mass is 16.5. The Balaban J connectivity index is 1.83. The standard InChI is InChI=1S/C15H19N3O/c1-19-15-4-2-3-12(9-15)13-10-17-18(11-13)14-5-7-16-8-6-14/h2-4,9-11,14,16H,5-8H2,1H3. The number of ether oxygens (including phenoxy) is 1. The average molecular weight is 257 g/mol. The Hall–Kier alpha value is -1.81. The molecule has 2 aromatic rings. The fraction of sp³-hybridized carbons (Fsp3) is 0.400. The van der Waals surface area contributed by atoms with E-state index in [0.717, 1.165) is 42.8 Å². The lowest BCUT2D eigenvalue weighted by molar-refractivity contribution is 0.343. The largest absolute Gasteiger partial charge is 0.497 e. The molecule has 2 heterocycles. The number of nitrogens with zero attached hydrogens (tertiary/aromatic N) is 2. The normalized spacial score (nSPS) is 16.5. The molecule has 19 heavy (non-hydrogen) atoms. The number of nitrogens with one attached hydrogen (secondary N) is 1. The van der Waals surface area contributed by atoms with Crippen LogP contribution in [0.3, 0.4) is 0 Å². The van der Waals surface area contributed by atoms with Crippen LogP contribution in [0, 0.1) is 0 Å². The first-order valence-corrected chi connectivity index (χ1v) is 6.76. The second-order valence-corrected chi connectivity index (χ2v) is 4.92. The molecule has 4 nitrogen and oxygen atoms in total. The summed E-state index contributed by atoms with van der Waals surface area (Å²) >= 11 is 0. The van der Waals surface area contributed by atoms with Crippen molar-refractivity contribution < 1.29 is 4.74 Å². The number of piperidine rings is 1. The molecular formula is C15H19N3O. The van der Waals surface area contributed by atoms with Crippen molar-refractivity contribution in [3.8, 4) is 16.9 Å². The van der Waals surface area contributed by atoms with E-state index in [1.165, 1.54) is 0 Å². The summed E-state index contributed by atoms with van der Waals surface area (Å²) in [6.45, 7) is 2.16. The predicted octanol–water partition coefficient (Wildman–Crippen LogP) is 2.48. The number of hydrogen-bond donors (Lipinski definition) is 1. The van der Waals surface area contributed by atoms with Crippen molar-refractivity contribution in [1.82, 2.24) is 15.1 Å². The fourth-order valence-electron chi connectivity index (χ4n) is 2.56. The first-order valence-electron chi connectivity index (χ1n) is 6.76. The summed E-state index contributed by atoms with van der Waals surface area (Å²) in [6, 6.07) is 8.63. The summed E-state index contributed by atoms with van der Waals surface area (Å²) in [4.78, 5) is 0. The highest BCUT2D eigenvalue weighted by Crippen LogP contribution is 2.25. The number of rotatable bonds is 3. The molecule has 0 saturated carbocycles. The molecule has 1 aliphatic rings. The molecule has 0 spiro atoms.